The van der Waals surface area contributed by atoms with Crippen LogP contribution in [0.2, 0.25) is 10.0 Å². The molecule has 19 heavy (non-hydrogen) atoms. The maximum atomic E-state index is 9.30. The molecule has 0 saturated carbocycles. The third kappa shape index (κ3) is 4.20. The molecule has 1 aromatic heterocycles. The molecular formula is C13H11Cl2NO2S. The first-order chi connectivity index (χ1) is 9.16. The third-order valence-corrected chi connectivity index (χ3v) is 3.77. The van der Waals surface area contributed by atoms with E-state index in [-0.39, 0.29) is 5.75 Å². The van der Waals surface area contributed by atoms with E-state index in [1.54, 1.807) is 24.2 Å². The van der Waals surface area contributed by atoms with E-state index in [2.05, 4.69) is 4.98 Å². The van der Waals surface area contributed by atoms with E-state index in [0.29, 0.717) is 22.4 Å². The number of thioether (sulfide) groups is 1. The summed E-state index contributed by atoms with van der Waals surface area (Å²) in [6.07, 6.45) is 3.49. The summed E-state index contributed by atoms with van der Waals surface area (Å²) < 4.78 is 5.53. The molecule has 1 aromatic carbocycles. The average Bonchev–Trinajstić information content (AvgIpc) is 2.38. The van der Waals surface area contributed by atoms with Crippen LogP contribution < -0.4 is 4.74 Å². The van der Waals surface area contributed by atoms with Crippen molar-refractivity contribution >= 4 is 35.0 Å². The van der Waals surface area contributed by atoms with E-state index < -0.39 is 0 Å². The second-order valence-corrected chi connectivity index (χ2v) is 5.60. The van der Waals surface area contributed by atoms with Gasteiger partial charge in [-0.05, 0) is 12.1 Å². The van der Waals surface area contributed by atoms with Crippen LogP contribution in [0.25, 0.3) is 0 Å². The molecule has 0 aliphatic carbocycles. The van der Waals surface area contributed by atoms with Crippen LogP contribution >= 0.6 is 35.0 Å². The Bertz CT molecular complexity index is 529. The number of nitrogens with zero attached hydrogens (tertiary/aromatic N) is 1. The molecule has 0 unspecified atom stereocenters. The Balaban J connectivity index is 1.86. The summed E-state index contributed by atoms with van der Waals surface area (Å²) in [6.45, 7) is 0.469. The predicted octanol–water partition coefficient (Wildman–Crippen LogP) is 4.27. The summed E-state index contributed by atoms with van der Waals surface area (Å²) in [7, 11) is 0. The van der Waals surface area contributed by atoms with Crippen molar-refractivity contribution in [2.45, 2.75) is 4.90 Å². The standard InChI is InChI=1S/C13H11Cl2NO2S/c14-11-7-9(17)8-12(15)13(11)18-5-6-19-10-1-3-16-4-2-10/h1-4,7-8,17H,5-6H2. The molecule has 100 valence electrons. The number of phenols is 1. The molecule has 6 heteroatoms. The van der Waals surface area contributed by atoms with Gasteiger partial charge >= 0.3 is 0 Å². The predicted molar refractivity (Wildman–Crippen MR) is 78.6 cm³/mol. The molecule has 1 N–H and O–H groups in total. The van der Waals surface area contributed by atoms with Crippen LogP contribution in [0, 0.1) is 0 Å². The van der Waals surface area contributed by atoms with Crippen molar-refractivity contribution in [3.8, 4) is 11.5 Å². The van der Waals surface area contributed by atoms with Crippen LogP contribution in [0.1, 0.15) is 0 Å². The smallest absolute Gasteiger partial charge is 0.156 e. The van der Waals surface area contributed by atoms with Crippen LogP contribution in [0.5, 0.6) is 11.5 Å². The Labute approximate surface area is 125 Å². The second-order valence-electron chi connectivity index (χ2n) is 3.62. The Morgan fingerprint density at radius 2 is 1.79 bits per heavy atom. The highest BCUT2D eigenvalue weighted by Crippen LogP contribution is 2.36. The van der Waals surface area contributed by atoms with Crippen molar-refractivity contribution in [2.24, 2.45) is 0 Å². The number of hydrogen-bond donors (Lipinski definition) is 1. The summed E-state index contributed by atoms with van der Waals surface area (Å²) in [5.74, 6) is 1.18. The van der Waals surface area contributed by atoms with Gasteiger partial charge < -0.3 is 9.84 Å². The Hall–Kier alpha value is -1.10. The maximum absolute atomic E-state index is 9.30. The van der Waals surface area contributed by atoms with Gasteiger partial charge in [0.1, 0.15) is 5.75 Å². The quantitative estimate of drug-likeness (QED) is 0.661. The molecule has 0 atom stereocenters. The number of aromatic nitrogens is 1. The van der Waals surface area contributed by atoms with Gasteiger partial charge in [-0.2, -0.15) is 0 Å². The summed E-state index contributed by atoms with van der Waals surface area (Å²) in [5.41, 5.74) is 0. The van der Waals surface area contributed by atoms with Crippen LogP contribution in [-0.4, -0.2) is 22.5 Å². The average molecular weight is 316 g/mol. The number of ether oxygens (including phenoxy) is 1. The van der Waals surface area contributed by atoms with E-state index in [1.165, 1.54) is 12.1 Å². The first-order valence-electron chi connectivity index (χ1n) is 5.50. The highest BCUT2D eigenvalue weighted by atomic mass is 35.5. The molecule has 0 aliphatic rings. The second kappa shape index (κ2) is 6.89. The Morgan fingerprint density at radius 1 is 1.16 bits per heavy atom. The number of aromatic hydroxyl groups is 1. The van der Waals surface area contributed by atoms with Gasteiger partial charge in [-0.15, -0.1) is 11.8 Å². The lowest BCUT2D eigenvalue weighted by molar-refractivity contribution is 0.343. The van der Waals surface area contributed by atoms with E-state index in [9.17, 15) is 5.11 Å². The zero-order chi connectivity index (χ0) is 13.7. The van der Waals surface area contributed by atoms with Crippen molar-refractivity contribution in [3.63, 3.8) is 0 Å². The van der Waals surface area contributed by atoms with Gasteiger partial charge in [0.05, 0.1) is 16.7 Å². The molecule has 3 nitrogen and oxygen atoms in total. The summed E-state index contributed by atoms with van der Waals surface area (Å²) in [6, 6.07) is 6.67. The molecule has 0 aliphatic heterocycles. The molecule has 1 heterocycles. The molecular weight excluding hydrogens is 305 g/mol. The zero-order valence-electron chi connectivity index (χ0n) is 9.85. The summed E-state index contributed by atoms with van der Waals surface area (Å²) in [4.78, 5) is 5.08. The topological polar surface area (TPSA) is 42.4 Å². The third-order valence-electron chi connectivity index (χ3n) is 2.23. The lowest BCUT2D eigenvalue weighted by Crippen LogP contribution is -2.01. The minimum Gasteiger partial charge on any atom is -0.508 e. The molecule has 0 radical (unpaired) electrons. The molecule has 0 spiro atoms. The summed E-state index contributed by atoms with van der Waals surface area (Å²) >= 11 is 13.5. The Kier molecular flexibility index (Phi) is 5.19. The van der Waals surface area contributed by atoms with Crippen molar-refractivity contribution in [1.82, 2.24) is 4.98 Å². The van der Waals surface area contributed by atoms with Gasteiger partial charge in [0, 0.05) is 35.2 Å². The number of phenolic OH excluding ortho intramolecular Hbond substituents is 1. The lowest BCUT2D eigenvalue weighted by atomic mass is 10.3. The number of halogens is 2. The van der Waals surface area contributed by atoms with Gasteiger partial charge in [-0.1, -0.05) is 23.2 Å². The van der Waals surface area contributed by atoms with Crippen molar-refractivity contribution < 1.29 is 9.84 Å². The van der Waals surface area contributed by atoms with Crippen LogP contribution in [0.3, 0.4) is 0 Å². The minimum atomic E-state index is 0.0218. The molecule has 2 aromatic rings. The molecule has 0 bridgehead atoms. The number of pyridine rings is 1. The largest absolute Gasteiger partial charge is 0.508 e. The molecule has 0 fully saturated rings. The SMILES string of the molecule is Oc1cc(Cl)c(OCCSc2ccncc2)c(Cl)c1. The van der Waals surface area contributed by atoms with Crippen molar-refractivity contribution in [2.75, 3.05) is 12.4 Å². The first kappa shape index (κ1) is 14.3. The maximum Gasteiger partial charge on any atom is 0.156 e. The van der Waals surface area contributed by atoms with Crippen molar-refractivity contribution in [1.29, 1.82) is 0 Å². The summed E-state index contributed by atoms with van der Waals surface area (Å²) in [5, 5.41) is 9.91. The van der Waals surface area contributed by atoms with Crippen LogP contribution in [0.15, 0.2) is 41.6 Å². The van der Waals surface area contributed by atoms with E-state index >= 15 is 0 Å². The Morgan fingerprint density at radius 3 is 2.42 bits per heavy atom. The zero-order valence-corrected chi connectivity index (χ0v) is 12.2. The lowest BCUT2D eigenvalue weighted by Gasteiger charge is -2.10. The van der Waals surface area contributed by atoms with Crippen LogP contribution in [0.4, 0.5) is 0 Å². The van der Waals surface area contributed by atoms with Gasteiger partial charge in [0.15, 0.2) is 5.75 Å². The van der Waals surface area contributed by atoms with Gasteiger partial charge in [-0.3, -0.25) is 4.98 Å². The molecule has 0 saturated heterocycles. The van der Waals surface area contributed by atoms with Crippen molar-refractivity contribution in [3.05, 3.63) is 46.7 Å². The highest BCUT2D eigenvalue weighted by molar-refractivity contribution is 7.99. The monoisotopic (exact) mass is 315 g/mol. The number of hydrogen-bond acceptors (Lipinski definition) is 4. The van der Waals surface area contributed by atoms with E-state index in [4.69, 9.17) is 27.9 Å². The van der Waals surface area contributed by atoms with E-state index in [1.807, 2.05) is 12.1 Å². The normalized spacial score (nSPS) is 10.4. The number of rotatable bonds is 5. The van der Waals surface area contributed by atoms with Crippen LogP contribution in [-0.2, 0) is 0 Å². The highest BCUT2D eigenvalue weighted by Gasteiger charge is 2.09. The fourth-order valence-electron chi connectivity index (χ4n) is 1.42. The molecule has 2 rings (SSSR count). The first-order valence-corrected chi connectivity index (χ1v) is 7.24. The minimum absolute atomic E-state index is 0.0218. The fraction of sp³-hybridized carbons (Fsp3) is 0.154. The van der Waals surface area contributed by atoms with Gasteiger partial charge in [0.25, 0.3) is 0 Å². The van der Waals surface area contributed by atoms with Gasteiger partial charge in [-0.25, -0.2) is 0 Å². The fourth-order valence-corrected chi connectivity index (χ4v) is 2.72. The number of benzene rings is 1. The van der Waals surface area contributed by atoms with E-state index in [0.717, 1.165) is 10.6 Å². The van der Waals surface area contributed by atoms with Gasteiger partial charge in [0.2, 0.25) is 0 Å². The molecule has 0 amide bonds.